The SMILES string of the molecule is CCCc1c(O)cc(C2(c3cc(O)c(CCC)c(CCC)c3Br)OC(=O)c3cccc(C(=O)O)c32)c(Br)c1CCC. The number of fused-ring (bicyclic) bond motifs is 1. The number of cyclic esters (lactones) is 1. The van der Waals surface area contributed by atoms with Gasteiger partial charge < -0.3 is 20.1 Å². The number of carbonyl (C=O) groups excluding carboxylic acids is 1. The highest BCUT2D eigenvalue weighted by molar-refractivity contribution is 9.11. The van der Waals surface area contributed by atoms with Gasteiger partial charge in [0.15, 0.2) is 5.60 Å². The van der Waals surface area contributed by atoms with Gasteiger partial charge in [0.25, 0.3) is 0 Å². The van der Waals surface area contributed by atoms with Crippen LogP contribution in [0.1, 0.15) is 113 Å². The Morgan fingerprint density at radius 2 is 1.22 bits per heavy atom. The maximum absolute atomic E-state index is 13.6. The zero-order valence-electron chi connectivity index (χ0n) is 23.9. The van der Waals surface area contributed by atoms with Crippen LogP contribution in [-0.2, 0) is 36.0 Å². The first-order chi connectivity index (χ1) is 19.6. The zero-order valence-corrected chi connectivity index (χ0v) is 27.0. The van der Waals surface area contributed by atoms with Gasteiger partial charge in [-0.2, -0.15) is 0 Å². The summed E-state index contributed by atoms with van der Waals surface area (Å²) in [6.45, 7) is 8.18. The maximum Gasteiger partial charge on any atom is 0.340 e. The number of phenols is 2. The molecule has 0 radical (unpaired) electrons. The van der Waals surface area contributed by atoms with Crippen molar-refractivity contribution >= 4 is 43.8 Å². The zero-order chi connectivity index (χ0) is 30.1. The Bertz CT molecular complexity index is 1440. The molecule has 6 nitrogen and oxygen atoms in total. The van der Waals surface area contributed by atoms with Gasteiger partial charge in [-0.25, -0.2) is 9.59 Å². The van der Waals surface area contributed by atoms with Gasteiger partial charge in [0, 0.05) is 25.6 Å². The number of carboxylic acid groups (broad SMARTS) is 1. The summed E-state index contributed by atoms with van der Waals surface area (Å²) in [6.07, 6.45) is 5.86. The van der Waals surface area contributed by atoms with Gasteiger partial charge in [-0.1, -0.05) is 91.3 Å². The number of carbonyl (C=O) groups is 2. The van der Waals surface area contributed by atoms with Crippen molar-refractivity contribution in [2.75, 3.05) is 0 Å². The Labute approximate surface area is 258 Å². The number of esters is 1. The summed E-state index contributed by atoms with van der Waals surface area (Å²) in [5.41, 5.74) is 2.65. The minimum Gasteiger partial charge on any atom is -0.508 e. The highest BCUT2D eigenvalue weighted by atomic mass is 79.9. The molecule has 8 heteroatoms. The van der Waals surface area contributed by atoms with Gasteiger partial charge in [-0.15, -0.1) is 0 Å². The van der Waals surface area contributed by atoms with E-state index >= 15 is 0 Å². The Balaban J connectivity index is 2.25. The fourth-order valence-corrected chi connectivity index (χ4v) is 7.78. The number of rotatable bonds is 11. The van der Waals surface area contributed by atoms with Gasteiger partial charge in [-0.3, -0.25) is 0 Å². The second kappa shape index (κ2) is 12.6. The molecular weight excluding hydrogens is 652 g/mol. The van der Waals surface area contributed by atoms with E-state index in [1.54, 1.807) is 18.2 Å². The summed E-state index contributed by atoms with van der Waals surface area (Å²) in [4.78, 5) is 26.2. The molecule has 0 saturated heterocycles. The van der Waals surface area contributed by atoms with Crippen LogP contribution >= 0.6 is 31.9 Å². The lowest BCUT2D eigenvalue weighted by molar-refractivity contribution is 0.0239. The minimum absolute atomic E-state index is 0.0573. The maximum atomic E-state index is 13.6. The average Bonchev–Trinajstić information content (AvgIpc) is 3.24. The molecule has 1 aliphatic heterocycles. The number of aromatic hydroxyl groups is 2. The number of hydrogen-bond acceptors (Lipinski definition) is 5. The van der Waals surface area contributed by atoms with Crippen LogP contribution < -0.4 is 0 Å². The number of ether oxygens (including phenoxy) is 1. The van der Waals surface area contributed by atoms with Crippen molar-refractivity contribution in [3.05, 3.63) is 89.3 Å². The van der Waals surface area contributed by atoms with Gasteiger partial charge >= 0.3 is 11.9 Å². The monoisotopic (exact) mass is 686 g/mol. The second-order valence-electron chi connectivity index (χ2n) is 10.5. The van der Waals surface area contributed by atoms with E-state index in [0.29, 0.717) is 45.8 Å². The Hall–Kier alpha value is -2.84. The molecular formula is C33H36Br2O6. The van der Waals surface area contributed by atoms with Crippen LogP contribution in [0.4, 0.5) is 0 Å². The predicted molar refractivity (Wildman–Crippen MR) is 166 cm³/mol. The van der Waals surface area contributed by atoms with Gasteiger partial charge in [0.05, 0.1) is 11.1 Å². The molecule has 0 aromatic heterocycles. The van der Waals surface area contributed by atoms with E-state index in [1.807, 2.05) is 27.7 Å². The van der Waals surface area contributed by atoms with Crippen molar-refractivity contribution < 1.29 is 29.6 Å². The number of aromatic carboxylic acids is 1. The van der Waals surface area contributed by atoms with Crippen LogP contribution in [0.3, 0.4) is 0 Å². The Morgan fingerprint density at radius 3 is 1.63 bits per heavy atom. The fraction of sp³-hybridized carbons (Fsp3) is 0.394. The number of halogens is 2. The molecule has 0 bridgehead atoms. The molecule has 3 N–H and O–H groups in total. The molecule has 0 saturated carbocycles. The molecule has 3 aromatic carbocycles. The molecule has 41 heavy (non-hydrogen) atoms. The molecule has 4 rings (SSSR count). The quantitative estimate of drug-likeness (QED) is 0.175. The van der Waals surface area contributed by atoms with Crippen LogP contribution in [0.25, 0.3) is 0 Å². The largest absolute Gasteiger partial charge is 0.508 e. The van der Waals surface area contributed by atoms with Crippen molar-refractivity contribution in [2.24, 2.45) is 0 Å². The first kappa shape index (κ1) is 31.1. The summed E-state index contributed by atoms with van der Waals surface area (Å²) in [5.74, 6) is -1.77. The van der Waals surface area contributed by atoms with Gasteiger partial charge in [0.2, 0.25) is 0 Å². The summed E-state index contributed by atoms with van der Waals surface area (Å²) in [5, 5.41) is 33.1. The van der Waals surface area contributed by atoms with Crippen molar-refractivity contribution in [1.29, 1.82) is 0 Å². The van der Waals surface area contributed by atoms with Gasteiger partial charge in [0.1, 0.15) is 11.5 Å². The van der Waals surface area contributed by atoms with E-state index in [0.717, 1.165) is 47.9 Å². The van der Waals surface area contributed by atoms with Crippen LogP contribution in [0.5, 0.6) is 11.5 Å². The summed E-state index contributed by atoms with van der Waals surface area (Å²) in [7, 11) is 0. The number of benzene rings is 3. The number of phenolic OH excluding ortho intramolecular Hbond substituents is 2. The average molecular weight is 688 g/mol. The third kappa shape index (κ3) is 5.18. The van der Waals surface area contributed by atoms with E-state index in [-0.39, 0.29) is 28.2 Å². The molecule has 218 valence electrons. The summed E-state index contributed by atoms with van der Waals surface area (Å²) in [6, 6.07) is 7.70. The fourth-order valence-electron chi connectivity index (χ4n) is 6.11. The summed E-state index contributed by atoms with van der Waals surface area (Å²) < 4.78 is 7.62. The topological polar surface area (TPSA) is 104 Å². The Kier molecular flexibility index (Phi) is 9.54. The van der Waals surface area contributed by atoms with Crippen LogP contribution in [0.2, 0.25) is 0 Å². The normalized spacial score (nSPS) is 13.8. The molecule has 1 heterocycles. The molecule has 1 aliphatic rings. The second-order valence-corrected chi connectivity index (χ2v) is 12.1. The van der Waals surface area contributed by atoms with E-state index < -0.39 is 17.5 Å². The third-order valence-corrected chi connectivity index (χ3v) is 9.59. The van der Waals surface area contributed by atoms with Crippen molar-refractivity contribution in [1.82, 2.24) is 0 Å². The standard InChI is InChI=1S/C33H36Br2O6/c1-5-10-18-20(12-7-3)29(34)24(16-26(18)36)33(28-22(31(38)39)14-9-15-23(28)32(40)41-33)25-17-27(37)19(11-6-2)21(13-8-4)30(25)35/h9,14-17,36-37H,5-8,10-13H2,1-4H3,(H,38,39). The molecule has 0 spiro atoms. The lowest BCUT2D eigenvalue weighted by Gasteiger charge is -2.35. The molecule has 0 unspecified atom stereocenters. The number of carboxylic acids is 1. The molecule has 0 amide bonds. The van der Waals surface area contributed by atoms with Crippen LogP contribution in [-0.4, -0.2) is 27.3 Å². The van der Waals surface area contributed by atoms with Crippen molar-refractivity contribution in [2.45, 2.75) is 84.7 Å². The van der Waals surface area contributed by atoms with E-state index in [2.05, 4.69) is 31.9 Å². The number of hydrogen-bond donors (Lipinski definition) is 3. The lowest BCUT2D eigenvalue weighted by atomic mass is 9.75. The molecule has 0 atom stereocenters. The first-order valence-corrected chi connectivity index (χ1v) is 15.8. The molecule has 0 aliphatic carbocycles. The highest BCUT2D eigenvalue weighted by Gasteiger charge is 2.54. The first-order valence-electron chi connectivity index (χ1n) is 14.3. The van der Waals surface area contributed by atoms with E-state index in [1.165, 1.54) is 12.1 Å². The van der Waals surface area contributed by atoms with Crippen molar-refractivity contribution in [3.8, 4) is 11.5 Å². The Morgan fingerprint density at radius 1 is 0.780 bits per heavy atom. The van der Waals surface area contributed by atoms with E-state index in [4.69, 9.17) is 4.74 Å². The van der Waals surface area contributed by atoms with Crippen LogP contribution in [0, 0.1) is 0 Å². The third-order valence-electron chi connectivity index (χ3n) is 7.78. The lowest BCUT2D eigenvalue weighted by Crippen LogP contribution is -2.33. The highest BCUT2D eigenvalue weighted by Crippen LogP contribution is 2.55. The minimum atomic E-state index is -1.77. The van der Waals surface area contributed by atoms with Crippen molar-refractivity contribution in [3.63, 3.8) is 0 Å². The molecule has 0 fully saturated rings. The smallest absolute Gasteiger partial charge is 0.340 e. The van der Waals surface area contributed by atoms with Crippen LogP contribution in [0.15, 0.2) is 39.3 Å². The predicted octanol–water partition coefficient (Wildman–Crippen LogP) is 8.59. The van der Waals surface area contributed by atoms with E-state index in [9.17, 15) is 24.9 Å². The summed E-state index contributed by atoms with van der Waals surface area (Å²) >= 11 is 7.63. The molecule has 3 aromatic rings. The van der Waals surface area contributed by atoms with Gasteiger partial charge in [-0.05, 0) is 72.2 Å².